The summed E-state index contributed by atoms with van der Waals surface area (Å²) in [5.41, 5.74) is 8.90. The van der Waals surface area contributed by atoms with Gasteiger partial charge in [-0.3, -0.25) is 14.9 Å². The highest BCUT2D eigenvalue weighted by Gasteiger charge is 2.28. The van der Waals surface area contributed by atoms with E-state index in [1.807, 2.05) is 11.0 Å². The zero-order valence-corrected chi connectivity index (χ0v) is 17.6. The lowest BCUT2D eigenvalue weighted by Crippen LogP contribution is -2.49. The summed E-state index contributed by atoms with van der Waals surface area (Å²) in [6.45, 7) is 4.43. The quantitative estimate of drug-likeness (QED) is 0.437. The summed E-state index contributed by atoms with van der Waals surface area (Å²) in [4.78, 5) is 30.1. The number of hydrogen-bond acceptors (Lipinski definition) is 8. The number of benzene rings is 2. The van der Waals surface area contributed by atoms with Crippen LogP contribution in [0.1, 0.15) is 15.9 Å². The molecule has 0 aliphatic carbocycles. The van der Waals surface area contributed by atoms with E-state index in [9.17, 15) is 14.9 Å². The standard InChI is InChI=1S/C22H24N6O4/c23-15-16-1-3-21(19(24)13-16)25-5-7-27(8-6-25)22(29)18-14-17(28(30)31)2-4-20(18)26-9-11-32-12-10-26/h1-4,13-14H,5-12,24H2. The average Bonchev–Trinajstić information content (AvgIpc) is 2.83. The van der Waals surface area contributed by atoms with E-state index in [1.54, 1.807) is 23.1 Å². The number of nitrogens with zero attached hydrogens (tertiary/aromatic N) is 5. The van der Waals surface area contributed by atoms with E-state index in [2.05, 4.69) is 11.0 Å². The third-order valence-corrected chi connectivity index (χ3v) is 5.84. The molecule has 2 aliphatic rings. The van der Waals surface area contributed by atoms with E-state index in [4.69, 9.17) is 15.7 Å². The van der Waals surface area contributed by atoms with Crippen LogP contribution < -0.4 is 15.5 Å². The van der Waals surface area contributed by atoms with Crippen molar-refractivity contribution in [3.05, 3.63) is 57.6 Å². The van der Waals surface area contributed by atoms with Crippen molar-refractivity contribution in [2.75, 3.05) is 68.0 Å². The largest absolute Gasteiger partial charge is 0.397 e. The van der Waals surface area contributed by atoms with Crippen molar-refractivity contribution >= 4 is 28.7 Å². The van der Waals surface area contributed by atoms with Crippen molar-refractivity contribution in [1.82, 2.24) is 4.90 Å². The van der Waals surface area contributed by atoms with Gasteiger partial charge in [0.25, 0.3) is 11.6 Å². The summed E-state index contributed by atoms with van der Waals surface area (Å²) in [5, 5.41) is 20.3. The molecule has 2 aromatic carbocycles. The van der Waals surface area contributed by atoms with Crippen LogP contribution in [0.3, 0.4) is 0 Å². The Morgan fingerprint density at radius 1 is 1.00 bits per heavy atom. The third kappa shape index (κ3) is 4.29. The molecule has 2 fully saturated rings. The van der Waals surface area contributed by atoms with E-state index >= 15 is 0 Å². The van der Waals surface area contributed by atoms with Crippen LogP contribution in [0.25, 0.3) is 0 Å². The van der Waals surface area contributed by atoms with Crippen LogP contribution in [-0.4, -0.2) is 68.2 Å². The molecule has 166 valence electrons. The maximum Gasteiger partial charge on any atom is 0.270 e. The number of carbonyl (C=O) groups excluding carboxylic acids is 1. The lowest BCUT2D eigenvalue weighted by atomic mass is 10.1. The number of amides is 1. The number of nitriles is 1. The molecule has 2 heterocycles. The lowest BCUT2D eigenvalue weighted by molar-refractivity contribution is -0.384. The Balaban J connectivity index is 1.53. The van der Waals surface area contributed by atoms with Gasteiger partial charge in [-0.1, -0.05) is 0 Å². The molecule has 0 unspecified atom stereocenters. The molecule has 0 bridgehead atoms. The molecule has 0 aromatic heterocycles. The molecule has 1 amide bonds. The minimum Gasteiger partial charge on any atom is -0.397 e. The summed E-state index contributed by atoms with van der Waals surface area (Å²) < 4.78 is 5.40. The van der Waals surface area contributed by atoms with Crippen LogP contribution in [-0.2, 0) is 4.74 Å². The summed E-state index contributed by atoms with van der Waals surface area (Å²) in [7, 11) is 0. The molecular formula is C22H24N6O4. The summed E-state index contributed by atoms with van der Waals surface area (Å²) in [6.07, 6.45) is 0. The van der Waals surface area contributed by atoms with Gasteiger partial charge in [-0.2, -0.15) is 5.26 Å². The molecular weight excluding hydrogens is 412 g/mol. The molecule has 10 heteroatoms. The Labute approximate surface area is 185 Å². The highest BCUT2D eigenvalue weighted by molar-refractivity contribution is 6.00. The van der Waals surface area contributed by atoms with Crippen LogP contribution in [0.2, 0.25) is 0 Å². The number of ether oxygens (including phenoxy) is 1. The molecule has 2 saturated heterocycles. The van der Waals surface area contributed by atoms with Gasteiger partial charge in [0.05, 0.1) is 52.4 Å². The van der Waals surface area contributed by atoms with Crippen molar-refractivity contribution in [1.29, 1.82) is 5.26 Å². The number of nitrogens with two attached hydrogens (primary N) is 1. The van der Waals surface area contributed by atoms with E-state index in [0.29, 0.717) is 75.0 Å². The Hall–Kier alpha value is -3.84. The van der Waals surface area contributed by atoms with Gasteiger partial charge >= 0.3 is 0 Å². The Kier molecular flexibility index (Phi) is 6.09. The highest BCUT2D eigenvalue weighted by Crippen LogP contribution is 2.29. The second-order valence-corrected chi connectivity index (χ2v) is 7.72. The van der Waals surface area contributed by atoms with Gasteiger partial charge in [-0.15, -0.1) is 0 Å². The van der Waals surface area contributed by atoms with Crippen LogP contribution in [0.5, 0.6) is 0 Å². The topological polar surface area (TPSA) is 129 Å². The molecule has 32 heavy (non-hydrogen) atoms. The van der Waals surface area contributed by atoms with E-state index in [-0.39, 0.29) is 11.6 Å². The number of carbonyl (C=O) groups is 1. The smallest absolute Gasteiger partial charge is 0.270 e. The summed E-state index contributed by atoms with van der Waals surface area (Å²) in [6, 6.07) is 11.7. The van der Waals surface area contributed by atoms with E-state index in [0.717, 1.165) is 5.69 Å². The van der Waals surface area contributed by atoms with Crippen molar-refractivity contribution in [2.45, 2.75) is 0 Å². The molecule has 2 aromatic rings. The first-order valence-corrected chi connectivity index (χ1v) is 10.4. The average molecular weight is 436 g/mol. The highest BCUT2D eigenvalue weighted by atomic mass is 16.6. The maximum atomic E-state index is 13.4. The third-order valence-electron chi connectivity index (χ3n) is 5.84. The number of nitro benzene ring substituents is 1. The number of morpholine rings is 1. The van der Waals surface area contributed by atoms with Gasteiger partial charge < -0.3 is 25.2 Å². The SMILES string of the molecule is N#Cc1ccc(N2CCN(C(=O)c3cc([N+](=O)[O-])ccc3N3CCOCC3)CC2)c(N)c1. The molecule has 4 rings (SSSR count). The number of non-ortho nitro benzene ring substituents is 1. The van der Waals surface area contributed by atoms with Gasteiger partial charge in [-0.05, 0) is 24.3 Å². The van der Waals surface area contributed by atoms with E-state index in [1.165, 1.54) is 12.1 Å². The number of nitro groups is 1. The number of piperazine rings is 1. The van der Waals surface area contributed by atoms with Crippen molar-refractivity contribution in [3.8, 4) is 6.07 Å². The predicted octanol–water partition coefficient (Wildman–Crippen LogP) is 1.85. The molecule has 0 radical (unpaired) electrons. The Morgan fingerprint density at radius 3 is 2.28 bits per heavy atom. The first-order chi connectivity index (χ1) is 15.5. The minimum absolute atomic E-state index is 0.102. The van der Waals surface area contributed by atoms with Gasteiger partial charge in [0.2, 0.25) is 0 Å². The fourth-order valence-corrected chi connectivity index (χ4v) is 4.12. The predicted molar refractivity (Wildman–Crippen MR) is 120 cm³/mol. The molecule has 10 nitrogen and oxygen atoms in total. The summed E-state index contributed by atoms with van der Waals surface area (Å²) in [5.74, 6) is -0.220. The normalized spacial score (nSPS) is 16.5. The van der Waals surface area contributed by atoms with Crippen LogP contribution in [0.15, 0.2) is 36.4 Å². The second-order valence-electron chi connectivity index (χ2n) is 7.72. The first kappa shape index (κ1) is 21.4. The fraction of sp³-hybridized carbons (Fsp3) is 0.364. The number of nitrogen functional groups attached to an aromatic ring is 1. The molecule has 2 aliphatic heterocycles. The van der Waals surface area contributed by atoms with Crippen LogP contribution in [0.4, 0.5) is 22.7 Å². The number of rotatable bonds is 4. The molecule has 2 N–H and O–H groups in total. The first-order valence-electron chi connectivity index (χ1n) is 10.4. The number of anilines is 3. The van der Waals surface area contributed by atoms with Gasteiger partial charge in [0.1, 0.15) is 0 Å². The van der Waals surface area contributed by atoms with Crippen molar-refractivity contribution < 1.29 is 14.5 Å². The Morgan fingerprint density at radius 2 is 1.66 bits per heavy atom. The Bertz CT molecular complexity index is 1070. The minimum atomic E-state index is -0.481. The number of hydrogen-bond donors (Lipinski definition) is 1. The van der Waals surface area contributed by atoms with Crippen molar-refractivity contribution in [2.24, 2.45) is 0 Å². The van der Waals surface area contributed by atoms with Gasteiger partial charge in [0.15, 0.2) is 0 Å². The molecule has 0 spiro atoms. The molecule has 0 atom stereocenters. The zero-order chi connectivity index (χ0) is 22.7. The molecule has 0 saturated carbocycles. The van der Waals surface area contributed by atoms with Crippen LogP contribution >= 0.6 is 0 Å². The summed E-state index contributed by atoms with van der Waals surface area (Å²) >= 11 is 0. The second kappa shape index (κ2) is 9.11. The van der Waals surface area contributed by atoms with Crippen LogP contribution in [0, 0.1) is 21.4 Å². The maximum absolute atomic E-state index is 13.4. The lowest BCUT2D eigenvalue weighted by Gasteiger charge is -2.37. The van der Waals surface area contributed by atoms with Crippen molar-refractivity contribution in [3.63, 3.8) is 0 Å². The van der Waals surface area contributed by atoms with Gasteiger partial charge in [0, 0.05) is 51.4 Å². The zero-order valence-electron chi connectivity index (χ0n) is 17.6. The van der Waals surface area contributed by atoms with Gasteiger partial charge in [-0.25, -0.2) is 0 Å². The monoisotopic (exact) mass is 436 g/mol. The van der Waals surface area contributed by atoms with E-state index < -0.39 is 4.92 Å². The fourth-order valence-electron chi connectivity index (χ4n) is 4.12.